The first-order chi connectivity index (χ1) is 8.08. The van der Waals surface area contributed by atoms with Gasteiger partial charge in [0.2, 0.25) is 6.61 Å². The molecule has 8 heteroatoms. The van der Waals surface area contributed by atoms with Crippen LogP contribution in [0.25, 0.3) is 11.0 Å². The van der Waals surface area contributed by atoms with Crippen LogP contribution in [0.4, 0.5) is 5.69 Å². The summed E-state index contributed by atoms with van der Waals surface area (Å²) in [5, 5.41) is 19.0. The Labute approximate surface area is 94.2 Å². The average molecular weight is 237 g/mol. The second-order valence-corrected chi connectivity index (χ2v) is 3.17. The quantitative estimate of drug-likeness (QED) is 0.611. The number of nitrogens with zero attached hydrogens (tertiary/aromatic N) is 3. The summed E-state index contributed by atoms with van der Waals surface area (Å²) in [7, 11) is 0. The molecule has 0 bridgehead atoms. The number of non-ortho nitro benzene ring substituents is 1. The minimum atomic E-state index is -1.14. The molecule has 1 N–H and O–H groups in total. The molecule has 0 fully saturated rings. The lowest BCUT2D eigenvalue weighted by molar-refractivity contribution is -0.384. The average Bonchev–Trinajstić information content (AvgIpc) is 2.68. The van der Waals surface area contributed by atoms with Gasteiger partial charge < -0.3 is 9.94 Å². The molecule has 0 aliphatic carbocycles. The Morgan fingerprint density at radius 1 is 1.59 bits per heavy atom. The van der Waals surface area contributed by atoms with E-state index in [1.165, 1.54) is 24.5 Å². The number of hydrogen-bond acceptors (Lipinski definition) is 5. The minimum absolute atomic E-state index is 0.113. The topological polar surface area (TPSA) is 107 Å². The molecule has 2 aromatic rings. The van der Waals surface area contributed by atoms with Gasteiger partial charge in [0.15, 0.2) is 0 Å². The molecule has 0 saturated carbocycles. The third-order valence-corrected chi connectivity index (χ3v) is 2.04. The summed E-state index contributed by atoms with van der Waals surface area (Å²) in [4.78, 5) is 29.2. The third kappa shape index (κ3) is 2.14. The lowest BCUT2D eigenvalue weighted by Crippen LogP contribution is -2.18. The Bertz CT molecular complexity index is 591. The van der Waals surface area contributed by atoms with Crippen LogP contribution in [0.5, 0.6) is 0 Å². The molecule has 0 saturated heterocycles. The van der Waals surface area contributed by atoms with Crippen molar-refractivity contribution in [2.24, 2.45) is 0 Å². The zero-order valence-corrected chi connectivity index (χ0v) is 8.44. The van der Waals surface area contributed by atoms with Gasteiger partial charge >= 0.3 is 5.97 Å². The molecule has 2 rings (SSSR count). The molecule has 1 heterocycles. The third-order valence-electron chi connectivity index (χ3n) is 2.04. The first-order valence-electron chi connectivity index (χ1n) is 4.54. The fraction of sp³-hybridized carbons (Fsp3) is 0.111. The largest absolute Gasteiger partial charge is 0.479 e. The second-order valence-electron chi connectivity index (χ2n) is 3.17. The van der Waals surface area contributed by atoms with Crippen LogP contribution in [-0.2, 0) is 4.79 Å². The molecule has 0 radical (unpaired) electrons. The van der Waals surface area contributed by atoms with Crippen molar-refractivity contribution in [3.63, 3.8) is 0 Å². The molecule has 1 aromatic heterocycles. The highest BCUT2D eigenvalue weighted by Crippen LogP contribution is 2.19. The minimum Gasteiger partial charge on any atom is -0.479 e. The highest BCUT2D eigenvalue weighted by molar-refractivity contribution is 5.77. The number of nitro benzene ring substituents is 1. The van der Waals surface area contributed by atoms with Crippen LogP contribution in [0, 0.1) is 10.1 Å². The number of fused-ring (bicyclic) bond motifs is 1. The van der Waals surface area contributed by atoms with Crippen LogP contribution in [0.1, 0.15) is 0 Å². The number of hydrogen-bond donors (Lipinski definition) is 1. The maximum atomic E-state index is 10.6. The maximum Gasteiger partial charge on any atom is 0.344 e. The lowest BCUT2D eigenvalue weighted by Gasteiger charge is -2.03. The van der Waals surface area contributed by atoms with Crippen LogP contribution >= 0.6 is 0 Å². The Morgan fingerprint density at radius 2 is 2.35 bits per heavy atom. The first-order valence-corrected chi connectivity index (χ1v) is 4.54. The Balaban J connectivity index is 2.39. The number of carbonyl (C=O) groups is 1. The Morgan fingerprint density at radius 3 is 3.00 bits per heavy atom. The van der Waals surface area contributed by atoms with Crippen molar-refractivity contribution >= 4 is 22.7 Å². The van der Waals surface area contributed by atoms with Crippen molar-refractivity contribution < 1.29 is 19.7 Å². The molecule has 0 aliphatic heterocycles. The van der Waals surface area contributed by atoms with E-state index in [4.69, 9.17) is 9.94 Å². The molecule has 8 nitrogen and oxygen atoms in total. The van der Waals surface area contributed by atoms with E-state index in [1.807, 2.05) is 0 Å². The number of aliphatic carboxylic acids is 1. The van der Waals surface area contributed by atoms with Gasteiger partial charge in [-0.1, -0.05) is 0 Å². The van der Waals surface area contributed by atoms with E-state index in [1.54, 1.807) is 0 Å². The number of carboxylic acids is 1. The number of aromatic nitrogens is 2. The number of carboxylic acid groups (broad SMARTS) is 1. The van der Waals surface area contributed by atoms with E-state index >= 15 is 0 Å². The van der Waals surface area contributed by atoms with E-state index < -0.39 is 17.5 Å². The van der Waals surface area contributed by atoms with E-state index in [2.05, 4.69) is 4.98 Å². The van der Waals surface area contributed by atoms with Crippen molar-refractivity contribution in [2.45, 2.75) is 0 Å². The maximum absolute atomic E-state index is 10.6. The highest BCUT2D eigenvalue weighted by Gasteiger charge is 2.11. The van der Waals surface area contributed by atoms with Gasteiger partial charge in [0.1, 0.15) is 11.8 Å². The van der Waals surface area contributed by atoms with Crippen molar-refractivity contribution in [3.8, 4) is 0 Å². The van der Waals surface area contributed by atoms with Crippen molar-refractivity contribution in [2.75, 3.05) is 6.61 Å². The van der Waals surface area contributed by atoms with Crippen molar-refractivity contribution in [1.29, 1.82) is 0 Å². The van der Waals surface area contributed by atoms with Crippen LogP contribution in [0.3, 0.4) is 0 Å². The molecule has 0 atom stereocenters. The van der Waals surface area contributed by atoms with Gasteiger partial charge in [0, 0.05) is 12.1 Å². The summed E-state index contributed by atoms with van der Waals surface area (Å²) in [6, 6.07) is 4.05. The van der Waals surface area contributed by atoms with Crippen LogP contribution in [0.2, 0.25) is 0 Å². The van der Waals surface area contributed by atoms with Gasteiger partial charge in [-0.15, -0.1) is 0 Å². The van der Waals surface area contributed by atoms with Gasteiger partial charge in [-0.3, -0.25) is 10.1 Å². The molecule has 17 heavy (non-hydrogen) atoms. The summed E-state index contributed by atoms with van der Waals surface area (Å²) in [6.45, 7) is -0.547. The summed E-state index contributed by atoms with van der Waals surface area (Å²) in [6.07, 6.45) is 1.26. The molecule has 1 aromatic carbocycles. The predicted molar refractivity (Wildman–Crippen MR) is 55.5 cm³/mol. The molecule has 0 aliphatic rings. The summed E-state index contributed by atoms with van der Waals surface area (Å²) in [5.41, 5.74) is 0.722. The van der Waals surface area contributed by atoms with E-state index in [9.17, 15) is 14.9 Å². The molecule has 0 spiro atoms. The summed E-state index contributed by atoms with van der Waals surface area (Å²) < 4.78 is 1.09. The van der Waals surface area contributed by atoms with Crippen molar-refractivity contribution in [3.05, 3.63) is 34.6 Å². The van der Waals surface area contributed by atoms with Crippen LogP contribution in [0.15, 0.2) is 24.5 Å². The fourth-order valence-corrected chi connectivity index (χ4v) is 1.32. The fourth-order valence-electron chi connectivity index (χ4n) is 1.32. The molecule has 0 amide bonds. The number of benzene rings is 1. The van der Waals surface area contributed by atoms with Gasteiger partial charge in [-0.25, -0.2) is 9.78 Å². The van der Waals surface area contributed by atoms with E-state index in [-0.39, 0.29) is 5.69 Å². The zero-order valence-electron chi connectivity index (χ0n) is 8.44. The normalized spacial score (nSPS) is 10.4. The van der Waals surface area contributed by atoms with Gasteiger partial charge in [-0.2, -0.15) is 4.73 Å². The standard InChI is InChI=1S/C9H7N3O5/c13-9(14)4-17-11-5-10-7-2-1-6(12(15)16)3-8(7)11/h1-3,5H,4H2,(H,13,14). The summed E-state index contributed by atoms with van der Waals surface area (Å²) in [5.74, 6) is -1.14. The monoisotopic (exact) mass is 237 g/mol. The molecular weight excluding hydrogens is 230 g/mol. The highest BCUT2D eigenvalue weighted by atomic mass is 16.7. The summed E-state index contributed by atoms with van der Waals surface area (Å²) >= 11 is 0. The van der Waals surface area contributed by atoms with Gasteiger partial charge in [0.05, 0.1) is 10.4 Å². The molecule has 0 unspecified atom stereocenters. The van der Waals surface area contributed by atoms with Crippen LogP contribution < -0.4 is 4.84 Å². The number of nitro groups is 1. The zero-order chi connectivity index (χ0) is 12.4. The van der Waals surface area contributed by atoms with Gasteiger partial charge in [0.25, 0.3) is 5.69 Å². The first kappa shape index (κ1) is 10.9. The lowest BCUT2D eigenvalue weighted by atomic mass is 10.3. The Kier molecular flexibility index (Phi) is 2.61. The Hall–Kier alpha value is -2.64. The number of rotatable bonds is 4. The predicted octanol–water partition coefficient (Wildman–Crippen LogP) is 0.458. The SMILES string of the molecule is O=C(O)COn1cnc2ccc([N+](=O)[O-])cc21. The molecular formula is C9H7N3O5. The van der Waals surface area contributed by atoms with Gasteiger partial charge in [-0.05, 0) is 6.07 Å². The number of imidazole rings is 1. The van der Waals surface area contributed by atoms with Crippen molar-refractivity contribution in [1.82, 2.24) is 9.71 Å². The van der Waals surface area contributed by atoms with E-state index in [0.717, 1.165) is 4.73 Å². The molecule has 88 valence electrons. The van der Waals surface area contributed by atoms with E-state index in [0.29, 0.717) is 11.0 Å². The van der Waals surface area contributed by atoms with Crippen LogP contribution in [-0.4, -0.2) is 32.3 Å². The second kappa shape index (κ2) is 4.08. The smallest absolute Gasteiger partial charge is 0.344 e.